The van der Waals surface area contributed by atoms with Crippen molar-refractivity contribution in [3.63, 3.8) is 0 Å². The zero-order valence-electron chi connectivity index (χ0n) is 8.14. The van der Waals surface area contributed by atoms with Crippen LogP contribution in [0.2, 0.25) is 0 Å². The van der Waals surface area contributed by atoms with Crippen LogP contribution in [0.1, 0.15) is 32.1 Å². The zero-order valence-corrected chi connectivity index (χ0v) is 8.14. The smallest absolute Gasteiger partial charge is 0.324 e. The number of carbonyl (C=O) groups excluding carboxylic acids is 1. The molecule has 0 radical (unpaired) electrons. The molecular formula is C9H18N2O2. The van der Waals surface area contributed by atoms with E-state index in [-0.39, 0.29) is 12.0 Å². The van der Waals surface area contributed by atoms with Crippen molar-refractivity contribution in [2.24, 2.45) is 0 Å². The van der Waals surface area contributed by atoms with Crippen molar-refractivity contribution in [2.45, 2.75) is 38.1 Å². The SMILES string of the molecule is COC(=O)[C@@H]1CCCCCCNN1. The van der Waals surface area contributed by atoms with Crippen LogP contribution in [0.5, 0.6) is 0 Å². The van der Waals surface area contributed by atoms with E-state index in [9.17, 15) is 4.79 Å². The first-order valence-electron chi connectivity index (χ1n) is 4.91. The largest absolute Gasteiger partial charge is 0.468 e. The lowest BCUT2D eigenvalue weighted by Crippen LogP contribution is -2.45. The fourth-order valence-electron chi connectivity index (χ4n) is 1.50. The van der Waals surface area contributed by atoms with Gasteiger partial charge in [-0.15, -0.1) is 0 Å². The van der Waals surface area contributed by atoms with Gasteiger partial charge in [-0.3, -0.25) is 10.2 Å². The van der Waals surface area contributed by atoms with Gasteiger partial charge in [-0.1, -0.05) is 19.3 Å². The van der Waals surface area contributed by atoms with Crippen molar-refractivity contribution in [3.05, 3.63) is 0 Å². The average molecular weight is 186 g/mol. The summed E-state index contributed by atoms with van der Waals surface area (Å²) in [6.45, 7) is 0.924. The van der Waals surface area contributed by atoms with Gasteiger partial charge in [0.1, 0.15) is 6.04 Å². The lowest BCUT2D eigenvalue weighted by Gasteiger charge is -2.15. The molecule has 13 heavy (non-hydrogen) atoms. The molecule has 0 aromatic heterocycles. The predicted octanol–water partition coefficient (Wildman–Crippen LogP) is 0.586. The molecule has 76 valence electrons. The summed E-state index contributed by atoms with van der Waals surface area (Å²) in [5.74, 6) is -0.172. The Hall–Kier alpha value is -0.610. The molecule has 0 amide bonds. The molecular weight excluding hydrogens is 168 g/mol. The van der Waals surface area contributed by atoms with E-state index in [0.717, 1.165) is 19.4 Å². The predicted molar refractivity (Wildman–Crippen MR) is 50.0 cm³/mol. The number of nitrogens with one attached hydrogen (secondary N) is 2. The van der Waals surface area contributed by atoms with Crippen molar-refractivity contribution in [2.75, 3.05) is 13.7 Å². The van der Waals surface area contributed by atoms with Crippen molar-refractivity contribution < 1.29 is 9.53 Å². The molecule has 1 saturated heterocycles. The molecule has 0 aromatic carbocycles. The van der Waals surface area contributed by atoms with E-state index in [4.69, 9.17) is 0 Å². The summed E-state index contributed by atoms with van der Waals surface area (Å²) in [6.07, 6.45) is 5.56. The molecule has 0 unspecified atom stereocenters. The van der Waals surface area contributed by atoms with Crippen LogP contribution in [-0.4, -0.2) is 25.7 Å². The second kappa shape index (κ2) is 5.94. The molecule has 4 nitrogen and oxygen atoms in total. The Bertz CT molecular complexity index is 152. The van der Waals surface area contributed by atoms with E-state index in [2.05, 4.69) is 15.6 Å². The zero-order chi connectivity index (χ0) is 9.52. The average Bonchev–Trinajstić information content (AvgIpc) is 2.29. The number of ether oxygens (including phenoxy) is 1. The normalized spacial score (nSPS) is 25.5. The Morgan fingerprint density at radius 1 is 1.31 bits per heavy atom. The molecule has 1 heterocycles. The minimum atomic E-state index is -0.178. The van der Waals surface area contributed by atoms with Crippen molar-refractivity contribution in [1.82, 2.24) is 10.9 Å². The third-order valence-electron chi connectivity index (χ3n) is 2.31. The highest BCUT2D eigenvalue weighted by atomic mass is 16.5. The minimum Gasteiger partial charge on any atom is -0.468 e. The third kappa shape index (κ3) is 3.74. The van der Waals surface area contributed by atoms with E-state index in [1.54, 1.807) is 0 Å². The molecule has 0 bridgehead atoms. The standard InChI is InChI=1S/C9H18N2O2/c1-13-9(12)8-6-4-2-3-5-7-10-11-8/h8,10-11H,2-7H2,1H3/t8-/m0/s1. The van der Waals surface area contributed by atoms with Gasteiger partial charge in [-0.25, -0.2) is 5.43 Å². The van der Waals surface area contributed by atoms with Gasteiger partial charge in [-0.2, -0.15) is 0 Å². The van der Waals surface area contributed by atoms with Gasteiger partial charge >= 0.3 is 5.97 Å². The Morgan fingerprint density at radius 2 is 2.08 bits per heavy atom. The van der Waals surface area contributed by atoms with Gasteiger partial charge in [0.15, 0.2) is 0 Å². The number of hydrogen-bond donors (Lipinski definition) is 2. The van der Waals surface area contributed by atoms with E-state index in [1.807, 2.05) is 0 Å². The summed E-state index contributed by atoms with van der Waals surface area (Å²) in [7, 11) is 1.43. The second-order valence-electron chi connectivity index (χ2n) is 3.35. The van der Waals surface area contributed by atoms with Gasteiger partial charge in [0.25, 0.3) is 0 Å². The summed E-state index contributed by atoms with van der Waals surface area (Å²) in [6, 6.07) is -0.178. The van der Waals surface area contributed by atoms with Crippen molar-refractivity contribution >= 4 is 5.97 Å². The number of esters is 1. The van der Waals surface area contributed by atoms with Gasteiger partial charge in [-0.05, 0) is 12.8 Å². The first-order valence-corrected chi connectivity index (χ1v) is 4.91. The Kier molecular flexibility index (Phi) is 4.78. The molecule has 4 heteroatoms. The third-order valence-corrected chi connectivity index (χ3v) is 2.31. The van der Waals surface area contributed by atoms with Gasteiger partial charge in [0, 0.05) is 6.54 Å². The highest BCUT2D eigenvalue weighted by molar-refractivity contribution is 5.75. The van der Waals surface area contributed by atoms with Gasteiger partial charge < -0.3 is 4.74 Å². The monoisotopic (exact) mass is 186 g/mol. The molecule has 2 N–H and O–H groups in total. The Labute approximate surface area is 79.0 Å². The fraction of sp³-hybridized carbons (Fsp3) is 0.889. The molecule has 1 atom stereocenters. The van der Waals surface area contributed by atoms with Crippen LogP contribution in [0.4, 0.5) is 0 Å². The minimum absolute atomic E-state index is 0.172. The number of rotatable bonds is 1. The van der Waals surface area contributed by atoms with Crippen LogP contribution >= 0.6 is 0 Å². The van der Waals surface area contributed by atoms with Crippen LogP contribution < -0.4 is 10.9 Å². The molecule has 0 aromatic rings. The van der Waals surface area contributed by atoms with E-state index in [1.165, 1.54) is 26.4 Å². The quantitative estimate of drug-likeness (QED) is 0.588. The highest BCUT2D eigenvalue weighted by Gasteiger charge is 2.18. The fourth-order valence-corrected chi connectivity index (χ4v) is 1.50. The van der Waals surface area contributed by atoms with Crippen LogP contribution in [0.25, 0.3) is 0 Å². The van der Waals surface area contributed by atoms with Gasteiger partial charge in [0.2, 0.25) is 0 Å². The molecule has 1 fully saturated rings. The van der Waals surface area contributed by atoms with Crippen molar-refractivity contribution in [3.8, 4) is 0 Å². The van der Waals surface area contributed by atoms with Crippen LogP contribution in [-0.2, 0) is 9.53 Å². The summed E-state index contributed by atoms with van der Waals surface area (Å²) in [5, 5.41) is 0. The lowest BCUT2D eigenvalue weighted by molar-refractivity contribution is -0.143. The van der Waals surface area contributed by atoms with Gasteiger partial charge in [0.05, 0.1) is 7.11 Å². The number of hydrogen-bond acceptors (Lipinski definition) is 4. The first-order chi connectivity index (χ1) is 6.34. The summed E-state index contributed by atoms with van der Waals surface area (Å²) < 4.78 is 4.69. The molecule has 1 aliphatic heterocycles. The molecule has 0 aliphatic carbocycles. The van der Waals surface area contributed by atoms with Crippen molar-refractivity contribution in [1.29, 1.82) is 0 Å². The maximum atomic E-state index is 11.2. The number of hydrazine groups is 1. The van der Waals surface area contributed by atoms with Crippen LogP contribution in [0.3, 0.4) is 0 Å². The lowest BCUT2D eigenvalue weighted by atomic mass is 10.1. The molecule has 0 saturated carbocycles. The molecule has 0 spiro atoms. The summed E-state index contributed by atoms with van der Waals surface area (Å²) in [5.41, 5.74) is 6.03. The number of carbonyl (C=O) groups is 1. The first kappa shape index (κ1) is 10.5. The van der Waals surface area contributed by atoms with Crippen LogP contribution in [0, 0.1) is 0 Å². The van der Waals surface area contributed by atoms with E-state index >= 15 is 0 Å². The topological polar surface area (TPSA) is 50.4 Å². The maximum Gasteiger partial charge on any atom is 0.324 e. The number of methoxy groups -OCH3 is 1. The molecule has 1 rings (SSSR count). The Morgan fingerprint density at radius 3 is 2.85 bits per heavy atom. The second-order valence-corrected chi connectivity index (χ2v) is 3.35. The summed E-state index contributed by atoms with van der Waals surface area (Å²) in [4.78, 5) is 11.2. The summed E-state index contributed by atoms with van der Waals surface area (Å²) >= 11 is 0. The van der Waals surface area contributed by atoms with E-state index < -0.39 is 0 Å². The van der Waals surface area contributed by atoms with Crippen LogP contribution in [0.15, 0.2) is 0 Å². The molecule has 1 aliphatic rings. The Balaban J connectivity index is 2.36. The van der Waals surface area contributed by atoms with E-state index in [0.29, 0.717) is 0 Å². The highest BCUT2D eigenvalue weighted by Crippen LogP contribution is 2.07. The maximum absolute atomic E-state index is 11.2.